The van der Waals surface area contributed by atoms with Gasteiger partial charge in [-0.2, -0.15) is 0 Å². The molecular formula is C13H22. The maximum Gasteiger partial charge on any atom is -0.0230 e. The lowest BCUT2D eigenvalue weighted by molar-refractivity contribution is 0.188. The predicted octanol–water partition coefficient (Wildman–Crippen LogP) is 4.00. The van der Waals surface area contributed by atoms with Crippen LogP contribution in [0.1, 0.15) is 58.8 Å². The van der Waals surface area contributed by atoms with Crippen LogP contribution in [0.4, 0.5) is 0 Å². The van der Waals surface area contributed by atoms with E-state index in [1.165, 1.54) is 25.7 Å². The summed E-state index contributed by atoms with van der Waals surface area (Å²) in [6, 6.07) is 0. The normalized spacial score (nSPS) is 44.8. The van der Waals surface area contributed by atoms with E-state index in [0.29, 0.717) is 5.41 Å². The zero-order chi connectivity index (χ0) is 9.10. The fraction of sp³-hybridized carbons (Fsp3) is 1.00. The second-order valence-corrected chi connectivity index (χ2v) is 6.41. The molecule has 0 aromatic rings. The molecule has 3 fully saturated rings. The second kappa shape index (κ2) is 2.32. The zero-order valence-electron chi connectivity index (χ0n) is 9.10. The Morgan fingerprint density at radius 2 is 1.62 bits per heavy atom. The van der Waals surface area contributed by atoms with Crippen molar-refractivity contribution >= 4 is 0 Å². The summed E-state index contributed by atoms with van der Waals surface area (Å²) in [6.45, 7) is 5.03. The molecule has 74 valence electrons. The minimum absolute atomic E-state index is 0.696. The van der Waals surface area contributed by atoms with Gasteiger partial charge >= 0.3 is 0 Å². The minimum atomic E-state index is 0.696. The third kappa shape index (κ3) is 0.926. The summed E-state index contributed by atoms with van der Waals surface area (Å²) in [7, 11) is 0. The summed E-state index contributed by atoms with van der Waals surface area (Å²) in [5.41, 5.74) is 1.57. The van der Waals surface area contributed by atoms with Gasteiger partial charge in [0.2, 0.25) is 0 Å². The van der Waals surface area contributed by atoms with E-state index in [0.717, 1.165) is 17.3 Å². The van der Waals surface area contributed by atoms with Gasteiger partial charge in [0, 0.05) is 0 Å². The molecule has 3 aliphatic rings. The first-order chi connectivity index (χ1) is 6.17. The molecule has 0 bridgehead atoms. The van der Waals surface area contributed by atoms with E-state index in [9.17, 15) is 0 Å². The SMILES string of the molecule is CC1(C)CC[C@H]2[C@@H]1C21CCCCC1. The minimum Gasteiger partial charge on any atom is -0.0596 e. The second-order valence-electron chi connectivity index (χ2n) is 6.41. The molecule has 3 saturated carbocycles. The zero-order valence-corrected chi connectivity index (χ0v) is 9.10. The molecule has 1 spiro atoms. The quantitative estimate of drug-likeness (QED) is 0.526. The van der Waals surface area contributed by atoms with Crippen molar-refractivity contribution in [2.24, 2.45) is 22.7 Å². The van der Waals surface area contributed by atoms with Gasteiger partial charge in [-0.3, -0.25) is 0 Å². The molecule has 3 rings (SSSR count). The molecular weight excluding hydrogens is 156 g/mol. The largest absolute Gasteiger partial charge is 0.0596 e. The van der Waals surface area contributed by atoms with Crippen LogP contribution in [-0.2, 0) is 0 Å². The van der Waals surface area contributed by atoms with Crippen molar-refractivity contribution in [3.05, 3.63) is 0 Å². The fourth-order valence-electron chi connectivity index (χ4n) is 4.93. The third-order valence-corrected chi connectivity index (χ3v) is 5.38. The lowest BCUT2D eigenvalue weighted by Crippen LogP contribution is -2.21. The van der Waals surface area contributed by atoms with Gasteiger partial charge in [-0.15, -0.1) is 0 Å². The highest BCUT2D eigenvalue weighted by molar-refractivity contribution is 5.19. The first-order valence-electron chi connectivity index (χ1n) is 6.17. The van der Waals surface area contributed by atoms with E-state index in [-0.39, 0.29) is 0 Å². The Balaban J connectivity index is 1.83. The van der Waals surface area contributed by atoms with Crippen molar-refractivity contribution < 1.29 is 0 Å². The molecule has 0 aromatic heterocycles. The Bertz CT molecular complexity index is 220. The van der Waals surface area contributed by atoms with Crippen molar-refractivity contribution in [2.75, 3.05) is 0 Å². The summed E-state index contributed by atoms with van der Waals surface area (Å²) < 4.78 is 0. The first-order valence-corrected chi connectivity index (χ1v) is 6.17. The van der Waals surface area contributed by atoms with E-state index in [1.807, 2.05) is 0 Å². The Morgan fingerprint density at radius 3 is 2.15 bits per heavy atom. The van der Waals surface area contributed by atoms with Crippen LogP contribution in [0.5, 0.6) is 0 Å². The monoisotopic (exact) mass is 178 g/mol. The highest BCUT2D eigenvalue weighted by Crippen LogP contribution is 2.77. The highest BCUT2D eigenvalue weighted by atomic mass is 14.7. The van der Waals surface area contributed by atoms with E-state index < -0.39 is 0 Å². The van der Waals surface area contributed by atoms with Crippen molar-refractivity contribution in [1.29, 1.82) is 0 Å². The Morgan fingerprint density at radius 1 is 0.923 bits per heavy atom. The van der Waals surface area contributed by atoms with E-state index in [2.05, 4.69) is 13.8 Å². The van der Waals surface area contributed by atoms with Crippen LogP contribution >= 0.6 is 0 Å². The smallest absolute Gasteiger partial charge is 0.0230 e. The number of hydrogen-bond acceptors (Lipinski definition) is 0. The van der Waals surface area contributed by atoms with Gasteiger partial charge in [0.1, 0.15) is 0 Å². The van der Waals surface area contributed by atoms with Gasteiger partial charge < -0.3 is 0 Å². The first kappa shape index (κ1) is 8.32. The van der Waals surface area contributed by atoms with E-state index in [1.54, 1.807) is 19.3 Å². The van der Waals surface area contributed by atoms with E-state index in [4.69, 9.17) is 0 Å². The van der Waals surface area contributed by atoms with Crippen LogP contribution in [0.15, 0.2) is 0 Å². The summed E-state index contributed by atoms with van der Waals surface area (Å²) in [5, 5.41) is 0. The molecule has 0 N–H and O–H groups in total. The number of fused-ring (bicyclic) bond motifs is 3. The maximum atomic E-state index is 2.51. The molecule has 0 saturated heterocycles. The van der Waals surface area contributed by atoms with Crippen LogP contribution < -0.4 is 0 Å². The van der Waals surface area contributed by atoms with Crippen LogP contribution in [0.25, 0.3) is 0 Å². The Kier molecular flexibility index (Phi) is 1.49. The lowest BCUT2D eigenvalue weighted by atomic mass is 9.73. The van der Waals surface area contributed by atoms with Gasteiger partial charge in [0.15, 0.2) is 0 Å². The molecule has 13 heavy (non-hydrogen) atoms. The molecule has 0 nitrogen and oxygen atoms in total. The van der Waals surface area contributed by atoms with Gasteiger partial charge in [-0.1, -0.05) is 33.1 Å². The summed E-state index contributed by atoms with van der Waals surface area (Å²) in [6.07, 6.45) is 10.8. The van der Waals surface area contributed by atoms with Gasteiger partial charge in [0.25, 0.3) is 0 Å². The lowest BCUT2D eigenvalue weighted by Gasteiger charge is -2.32. The molecule has 0 aromatic carbocycles. The summed E-state index contributed by atoms with van der Waals surface area (Å²) in [4.78, 5) is 0. The summed E-state index contributed by atoms with van der Waals surface area (Å²) >= 11 is 0. The van der Waals surface area contributed by atoms with Crippen LogP contribution in [-0.4, -0.2) is 0 Å². The van der Waals surface area contributed by atoms with Crippen LogP contribution in [0, 0.1) is 22.7 Å². The molecule has 3 aliphatic carbocycles. The van der Waals surface area contributed by atoms with Crippen LogP contribution in [0.3, 0.4) is 0 Å². The Hall–Kier alpha value is 0. The molecule has 0 heterocycles. The third-order valence-electron chi connectivity index (χ3n) is 5.38. The average molecular weight is 178 g/mol. The topological polar surface area (TPSA) is 0 Å². The summed E-state index contributed by atoms with van der Waals surface area (Å²) in [5.74, 6) is 2.28. The van der Waals surface area contributed by atoms with Crippen molar-refractivity contribution in [3.8, 4) is 0 Å². The van der Waals surface area contributed by atoms with Crippen molar-refractivity contribution in [2.45, 2.75) is 58.8 Å². The molecule has 0 radical (unpaired) electrons. The average Bonchev–Trinajstić information content (AvgIpc) is 2.56. The van der Waals surface area contributed by atoms with Crippen molar-refractivity contribution in [1.82, 2.24) is 0 Å². The predicted molar refractivity (Wildman–Crippen MR) is 55.5 cm³/mol. The van der Waals surface area contributed by atoms with Crippen LogP contribution in [0.2, 0.25) is 0 Å². The van der Waals surface area contributed by atoms with Gasteiger partial charge in [0.05, 0.1) is 0 Å². The molecule has 0 unspecified atom stereocenters. The molecule has 0 aliphatic heterocycles. The molecule has 0 heteroatoms. The highest BCUT2D eigenvalue weighted by Gasteiger charge is 2.70. The van der Waals surface area contributed by atoms with E-state index >= 15 is 0 Å². The Labute approximate surface area is 82.1 Å². The molecule has 2 atom stereocenters. The maximum absolute atomic E-state index is 2.51. The van der Waals surface area contributed by atoms with Crippen molar-refractivity contribution in [3.63, 3.8) is 0 Å². The van der Waals surface area contributed by atoms with Gasteiger partial charge in [-0.05, 0) is 48.3 Å². The fourth-order valence-corrected chi connectivity index (χ4v) is 4.93. The number of hydrogen-bond donors (Lipinski definition) is 0. The number of rotatable bonds is 0. The van der Waals surface area contributed by atoms with Gasteiger partial charge in [-0.25, -0.2) is 0 Å². The molecule has 0 amide bonds. The standard InChI is InChI=1S/C13H22/c1-12(2)9-6-10-11(12)13(10)7-4-3-5-8-13/h10-11H,3-9H2,1-2H3/t10-,11-/m0/s1.